The Morgan fingerprint density at radius 2 is 1.88 bits per heavy atom. The van der Waals surface area contributed by atoms with Crippen molar-refractivity contribution in [3.8, 4) is 5.75 Å². The number of imidazole rings is 1. The van der Waals surface area contributed by atoms with Gasteiger partial charge < -0.3 is 14.6 Å². The number of nitrogens with zero attached hydrogens (tertiary/aromatic N) is 5. The first-order valence-electron chi connectivity index (χ1n) is 11.8. The smallest absolute Gasteiger partial charge is 0.276 e. The van der Waals surface area contributed by atoms with Crippen LogP contribution in [0, 0.1) is 0 Å². The summed E-state index contributed by atoms with van der Waals surface area (Å²) in [7, 11) is -3.74. The maximum absolute atomic E-state index is 13.5. The molecular formula is C23H32N6O4S. The summed E-state index contributed by atoms with van der Waals surface area (Å²) in [6.07, 6.45) is 3.33. The number of hydrogen-bond donors (Lipinski definition) is 1. The van der Waals surface area contributed by atoms with Crippen molar-refractivity contribution in [3.63, 3.8) is 0 Å². The van der Waals surface area contributed by atoms with E-state index in [-0.39, 0.29) is 16.9 Å². The number of aromatic nitrogens is 4. The summed E-state index contributed by atoms with van der Waals surface area (Å²) in [6.45, 7) is 9.45. The van der Waals surface area contributed by atoms with E-state index in [2.05, 4.69) is 26.9 Å². The standard InChI is InChI=1S/C23H32N6O4S/c1-4-8-21-24-16-18-23(30)25-20(26-29(18)21)15-17-9-7-10-19(22(17)33-6-3)34(31,32)28-13-11-27(5-2)12-14-28/h7,9-10,16H,4-6,8,11-15H2,1-3H3,(H,25,26,30). The lowest BCUT2D eigenvalue weighted by atomic mass is 10.1. The predicted octanol–water partition coefficient (Wildman–Crippen LogP) is 1.69. The Bertz CT molecular complexity index is 1310. The third-order valence-corrected chi connectivity index (χ3v) is 8.02. The minimum absolute atomic E-state index is 0.148. The summed E-state index contributed by atoms with van der Waals surface area (Å²) < 4.78 is 36.0. The van der Waals surface area contributed by atoms with E-state index in [4.69, 9.17) is 4.74 Å². The third-order valence-electron chi connectivity index (χ3n) is 6.10. The predicted molar refractivity (Wildman–Crippen MR) is 129 cm³/mol. The maximum atomic E-state index is 13.5. The van der Waals surface area contributed by atoms with E-state index in [0.717, 1.165) is 18.8 Å². The fourth-order valence-corrected chi connectivity index (χ4v) is 5.88. The molecular weight excluding hydrogens is 456 g/mol. The second kappa shape index (κ2) is 10.2. The molecule has 1 aliphatic rings. The van der Waals surface area contributed by atoms with Gasteiger partial charge in [-0.25, -0.2) is 17.9 Å². The van der Waals surface area contributed by atoms with E-state index < -0.39 is 10.0 Å². The van der Waals surface area contributed by atoms with Gasteiger partial charge in [0.05, 0.1) is 12.8 Å². The van der Waals surface area contributed by atoms with Crippen molar-refractivity contribution in [3.05, 3.63) is 52.0 Å². The molecule has 1 aromatic carbocycles. The number of para-hydroxylation sites is 1. The molecule has 0 radical (unpaired) electrons. The van der Waals surface area contributed by atoms with Gasteiger partial charge in [-0.15, -0.1) is 0 Å². The van der Waals surface area contributed by atoms with Gasteiger partial charge in [0.1, 0.15) is 22.3 Å². The molecule has 2 aromatic heterocycles. The zero-order chi connectivity index (χ0) is 24.3. The van der Waals surface area contributed by atoms with E-state index in [1.807, 2.05) is 19.9 Å². The van der Waals surface area contributed by atoms with Crippen LogP contribution in [0.2, 0.25) is 0 Å². The summed E-state index contributed by atoms with van der Waals surface area (Å²) in [5.41, 5.74) is 0.755. The molecule has 0 aliphatic carbocycles. The first-order chi connectivity index (χ1) is 16.4. The van der Waals surface area contributed by atoms with Gasteiger partial charge in [0.15, 0.2) is 5.52 Å². The Morgan fingerprint density at radius 3 is 2.56 bits per heavy atom. The number of aryl methyl sites for hydroxylation is 1. The second-order valence-corrected chi connectivity index (χ2v) is 10.2. The number of benzene rings is 1. The average molecular weight is 489 g/mol. The maximum Gasteiger partial charge on any atom is 0.276 e. The van der Waals surface area contributed by atoms with E-state index in [9.17, 15) is 13.2 Å². The highest BCUT2D eigenvalue weighted by molar-refractivity contribution is 7.89. The van der Waals surface area contributed by atoms with Crippen LogP contribution in [0.3, 0.4) is 0 Å². The number of aromatic amines is 1. The summed E-state index contributed by atoms with van der Waals surface area (Å²) in [5.74, 6) is 1.45. The lowest BCUT2D eigenvalue weighted by Crippen LogP contribution is -2.48. The van der Waals surface area contributed by atoms with Crippen LogP contribution in [0.1, 0.15) is 44.4 Å². The molecule has 0 amide bonds. The number of piperazine rings is 1. The molecule has 1 saturated heterocycles. The first kappa shape index (κ1) is 24.4. The number of fused-ring (bicyclic) bond motifs is 1. The van der Waals surface area contributed by atoms with Crippen LogP contribution in [-0.4, -0.2) is 76.5 Å². The molecule has 0 saturated carbocycles. The molecule has 184 valence electrons. The van der Waals surface area contributed by atoms with Crippen molar-refractivity contribution in [2.75, 3.05) is 39.3 Å². The van der Waals surface area contributed by atoms with Crippen LogP contribution in [0.25, 0.3) is 5.52 Å². The van der Waals surface area contributed by atoms with Gasteiger partial charge in [-0.05, 0) is 26.0 Å². The molecule has 11 heteroatoms. The quantitative estimate of drug-likeness (QED) is 0.488. The van der Waals surface area contributed by atoms with Crippen LogP contribution in [-0.2, 0) is 22.9 Å². The van der Waals surface area contributed by atoms with Gasteiger partial charge in [-0.3, -0.25) is 4.79 Å². The number of ether oxygens (including phenoxy) is 1. The number of hydrogen-bond acceptors (Lipinski definition) is 7. The van der Waals surface area contributed by atoms with Crippen LogP contribution < -0.4 is 10.3 Å². The third kappa shape index (κ3) is 4.73. The monoisotopic (exact) mass is 488 g/mol. The molecule has 0 spiro atoms. The molecule has 10 nitrogen and oxygen atoms in total. The summed E-state index contributed by atoms with van der Waals surface area (Å²) in [5, 5.41) is 4.59. The molecule has 0 atom stereocenters. The Labute approximate surface area is 199 Å². The molecule has 0 bridgehead atoms. The lowest BCUT2D eigenvalue weighted by molar-refractivity contribution is 0.196. The number of nitrogens with one attached hydrogen (secondary N) is 1. The number of H-pyrrole nitrogens is 1. The number of rotatable bonds is 9. The molecule has 1 aliphatic heterocycles. The zero-order valence-corrected chi connectivity index (χ0v) is 20.8. The molecule has 1 fully saturated rings. The minimum atomic E-state index is -3.74. The molecule has 0 unspecified atom stereocenters. The van der Waals surface area contributed by atoms with Crippen molar-refractivity contribution in [2.45, 2.75) is 44.9 Å². The molecule has 3 heterocycles. The van der Waals surface area contributed by atoms with Crippen molar-refractivity contribution in [1.29, 1.82) is 0 Å². The Morgan fingerprint density at radius 1 is 1.12 bits per heavy atom. The summed E-state index contributed by atoms with van der Waals surface area (Å²) in [4.78, 5) is 22.1. The van der Waals surface area contributed by atoms with Crippen molar-refractivity contribution in [1.82, 2.24) is 28.8 Å². The van der Waals surface area contributed by atoms with E-state index >= 15 is 0 Å². The lowest BCUT2D eigenvalue weighted by Gasteiger charge is -2.33. The van der Waals surface area contributed by atoms with Crippen LogP contribution >= 0.6 is 0 Å². The van der Waals surface area contributed by atoms with Gasteiger partial charge in [0.2, 0.25) is 10.0 Å². The topological polar surface area (TPSA) is 113 Å². The highest BCUT2D eigenvalue weighted by Gasteiger charge is 2.31. The van der Waals surface area contributed by atoms with Gasteiger partial charge in [-0.1, -0.05) is 26.0 Å². The van der Waals surface area contributed by atoms with Gasteiger partial charge in [-0.2, -0.15) is 9.40 Å². The summed E-state index contributed by atoms with van der Waals surface area (Å²) >= 11 is 0. The van der Waals surface area contributed by atoms with Crippen LogP contribution in [0.4, 0.5) is 0 Å². The zero-order valence-electron chi connectivity index (χ0n) is 20.0. The van der Waals surface area contributed by atoms with E-state index in [0.29, 0.717) is 61.9 Å². The Hall–Kier alpha value is -2.76. The molecule has 4 rings (SSSR count). The van der Waals surface area contributed by atoms with Crippen molar-refractivity contribution >= 4 is 15.5 Å². The van der Waals surface area contributed by atoms with Crippen molar-refractivity contribution in [2.24, 2.45) is 0 Å². The molecule has 3 aromatic rings. The van der Waals surface area contributed by atoms with Crippen LogP contribution in [0.15, 0.2) is 34.1 Å². The van der Waals surface area contributed by atoms with Crippen LogP contribution in [0.5, 0.6) is 5.75 Å². The first-order valence-corrected chi connectivity index (χ1v) is 13.3. The van der Waals surface area contributed by atoms with Gasteiger partial charge >= 0.3 is 0 Å². The largest absolute Gasteiger partial charge is 0.492 e. The SMILES string of the molecule is CCCc1ncc2c(=O)[nH]c(Cc3cccc(S(=O)(=O)N4CCN(CC)CC4)c3OCC)nn12. The average Bonchev–Trinajstić information content (AvgIpc) is 3.24. The summed E-state index contributed by atoms with van der Waals surface area (Å²) in [6, 6.07) is 5.11. The molecule has 1 N–H and O–H groups in total. The number of sulfonamides is 1. The minimum Gasteiger partial charge on any atom is -0.492 e. The van der Waals surface area contributed by atoms with E-state index in [1.165, 1.54) is 10.5 Å². The fourth-order valence-electron chi connectivity index (χ4n) is 4.28. The van der Waals surface area contributed by atoms with Gasteiger partial charge in [0.25, 0.3) is 5.56 Å². The Kier molecular flexibility index (Phi) is 7.34. The van der Waals surface area contributed by atoms with Crippen molar-refractivity contribution < 1.29 is 13.2 Å². The Balaban J connectivity index is 1.71. The number of likely N-dealkylation sites (N-methyl/N-ethyl adjacent to an activating group) is 1. The fraction of sp³-hybridized carbons (Fsp3) is 0.522. The van der Waals surface area contributed by atoms with Gasteiger partial charge in [0, 0.05) is 44.6 Å². The van der Waals surface area contributed by atoms with E-state index in [1.54, 1.807) is 16.6 Å². The second-order valence-electron chi connectivity index (χ2n) is 8.31. The molecule has 34 heavy (non-hydrogen) atoms. The highest BCUT2D eigenvalue weighted by atomic mass is 32.2. The highest BCUT2D eigenvalue weighted by Crippen LogP contribution is 2.32. The normalized spacial score (nSPS) is 15.7.